The summed E-state index contributed by atoms with van der Waals surface area (Å²) < 4.78 is 6.56. The van der Waals surface area contributed by atoms with Gasteiger partial charge in [-0.05, 0) is 59.3 Å². The molecule has 4 heteroatoms. The van der Waals surface area contributed by atoms with Crippen molar-refractivity contribution in [3.8, 4) is 5.75 Å². The summed E-state index contributed by atoms with van der Waals surface area (Å²) in [5, 5.41) is 0. The molecule has 2 rings (SSSR count). The number of isocyanates is 1. The predicted octanol–water partition coefficient (Wildman–Crippen LogP) is 4.12. The predicted molar refractivity (Wildman–Crippen MR) is 78.1 cm³/mol. The third-order valence-corrected chi connectivity index (χ3v) is 4.20. The Morgan fingerprint density at radius 2 is 2.32 bits per heavy atom. The summed E-state index contributed by atoms with van der Waals surface area (Å²) in [6, 6.07) is 5.81. The van der Waals surface area contributed by atoms with Crippen molar-refractivity contribution in [3.05, 3.63) is 40.4 Å². The van der Waals surface area contributed by atoms with Gasteiger partial charge in [0.05, 0.1) is 10.0 Å². The summed E-state index contributed by atoms with van der Waals surface area (Å²) in [5.74, 6) is 0.757. The van der Waals surface area contributed by atoms with Gasteiger partial charge < -0.3 is 4.74 Å². The minimum absolute atomic E-state index is 0.414. The van der Waals surface area contributed by atoms with E-state index in [1.807, 2.05) is 25.1 Å². The average Bonchev–Trinajstić information content (AvgIpc) is 2.33. The first-order chi connectivity index (χ1) is 9.09. The molecule has 1 aliphatic carbocycles. The fourth-order valence-electron chi connectivity index (χ4n) is 2.22. The molecule has 0 spiro atoms. The molecule has 0 aromatic heterocycles. The van der Waals surface area contributed by atoms with Gasteiger partial charge in [0, 0.05) is 0 Å². The Morgan fingerprint density at radius 3 is 2.84 bits per heavy atom. The van der Waals surface area contributed by atoms with E-state index in [1.54, 1.807) is 6.08 Å². The molecule has 0 bridgehead atoms. The van der Waals surface area contributed by atoms with Gasteiger partial charge in [-0.15, -0.1) is 0 Å². The van der Waals surface area contributed by atoms with Crippen molar-refractivity contribution in [2.24, 2.45) is 4.99 Å². The molecular formula is C15H16BrNO2. The molecule has 0 heterocycles. The Hall–Kier alpha value is -1.38. The number of rotatable bonds is 5. The molecule has 0 unspecified atom stereocenters. The van der Waals surface area contributed by atoms with Crippen LogP contribution in [0.1, 0.15) is 31.7 Å². The molecular weight excluding hydrogens is 306 g/mol. The van der Waals surface area contributed by atoms with Gasteiger partial charge in [0.1, 0.15) is 12.4 Å². The Kier molecular flexibility index (Phi) is 4.23. The minimum atomic E-state index is -0.414. The van der Waals surface area contributed by atoms with Crippen molar-refractivity contribution >= 4 is 22.0 Å². The van der Waals surface area contributed by atoms with E-state index in [-0.39, 0.29) is 0 Å². The molecule has 1 fully saturated rings. The van der Waals surface area contributed by atoms with Crippen LogP contribution in [0.5, 0.6) is 5.75 Å². The van der Waals surface area contributed by atoms with Crippen LogP contribution in [0.25, 0.3) is 0 Å². The summed E-state index contributed by atoms with van der Waals surface area (Å²) in [5.41, 5.74) is 1.55. The van der Waals surface area contributed by atoms with Crippen molar-refractivity contribution in [2.75, 3.05) is 6.61 Å². The summed E-state index contributed by atoms with van der Waals surface area (Å²) in [4.78, 5) is 14.7. The second-order valence-electron chi connectivity index (χ2n) is 4.95. The molecule has 19 heavy (non-hydrogen) atoms. The number of hydrogen-bond donors (Lipinski definition) is 0. The minimum Gasteiger partial charge on any atom is -0.488 e. The molecule has 3 nitrogen and oxygen atoms in total. The van der Waals surface area contributed by atoms with E-state index in [0.29, 0.717) is 6.61 Å². The summed E-state index contributed by atoms with van der Waals surface area (Å²) in [6.45, 7) is 6.21. The van der Waals surface area contributed by atoms with Crippen LogP contribution in [0.3, 0.4) is 0 Å². The SMILES string of the molecule is C=C(C)COc1cccc(C2(N=C=O)CCC2)c1Br. The van der Waals surface area contributed by atoms with Crippen molar-refractivity contribution in [1.82, 2.24) is 0 Å². The maximum Gasteiger partial charge on any atom is 0.235 e. The molecule has 0 radical (unpaired) electrons. The fourth-order valence-corrected chi connectivity index (χ4v) is 2.97. The van der Waals surface area contributed by atoms with Gasteiger partial charge in [0.15, 0.2) is 0 Å². The van der Waals surface area contributed by atoms with Gasteiger partial charge in [-0.3, -0.25) is 0 Å². The van der Waals surface area contributed by atoms with Crippen molar-refractivity contribution in [1.29, 1.82) is 0 Å². The van der Waals surface area contributed by atoms with E-state index in [1.165, 1.54) is 0 Å². The van der Waals surface area contributed by atoms with Crippen LogP contribution in [0.4, 0.5) is 0 Å². The standard InChI is InChI=1S/C15H16BrNO2/c1-11(2)9-19-13-6-3-5-12(14(13)16)15(17-10-18)7-4-8-15/h3,5-6H,1,4,7-9H2,2H3. The third kappa shape index (κ3) is 2.80. The Balaban J connectivity index is 2.34. The van der Waals surface area contributed by atoms with Gasteiger partial charge in [0.25, 0.3) is 0 Å². The highest BCUT2D eigenvalue weighted by molar-refractivity contribution is 9.10. The number of hydrogen-bond acceptors (Lipinski definition) is 3. The molecule has 1 aliphatic rings. The van der Waals surface area contributed by atoms with Crippen LogP contribution >= 0.6 is 15.9 Å². The molecule has 0 amide bonds. The first-order valence-corrected chi connectivity index (χ1v) is 7.03. The monoisotopic (exact) mass is 321 g/mol. The lowest BCUT2D eigenvalue weighted by molar-refractivity contribution is 0.253. The van der Waals surface area contributed by atoms with Crippen LogP contribution in [0.15, 0.2) is 39.8 Å². The number of nitrogens with zero attached hydrogens (tertiary/aromatic N) is 1. The second-order valence-corrected chi connectivity index (χ2v) is 5.74. The highest BCUT2D eigenvalue weighted by Crippen LogP contribution is 2.48. The average molecular weight is 322 g/mol. The van der Waals surface area contributed by atoms with Crippen LogP contribution < -0.4 is 4.74 Å². The number of halogens is 1. The highest BCUT2D eigenvalue weighted by Gasteiger charge is 2.40. The Morgan fingerprint density at radius 1 is 1.58 bits per heavy atom. The largest absolute Gasteiger partial charge is 0.488 e. The fraction of sp³-hybridized carbons (Fsp3) is 0.400. The van der Waals surface area contributed by atoms with E-state index in [9.17, 15) is 4.79 Å². The van der Waals surface area contributed by atoms with Gasteiger partial charge >= 0.3 is 0 Å². The molecule has 100 valence electrons. The van der Waals surface area contributed by atoms with Crippen LogP contribution in [0.2, 0.25) is 0 Å². The highest BCUT2D eigenvalue weighted by atomic mass is 79.9. The van der Waals surface area contributed by atoms with E-state index in [0.717, 1.165) is 40.6 Å². The van der Waals surface area contributed by atoms with Gasteiger partial charge in [-0.1, -0.05) is 18.7 Å². The first-order valence-electron chi connectivity index (χ1n) is 6.24. The third-order valence-electron chi connectivity index (χ3n) is 3.38. The Labute approximate surface area is 121 Å². The molecule has 0 atom stereocenters. The van der Waals surface area contributed by atoms with E-state index >= 15 is 0 Å². The van der Waals surface area contributed by atoms with E-state index in [2.05, 4.69) is 27.5 Å². The van der Waals surface area contributed by atoms with Crippen molar-refractivity contribution < 1.29 is 9.53 Å². The lowest BCUT2D eigenvalue weighted by atomic mass is 9.72. The lowest BCUT2D eigenvalue weighted by Gasteiger charge is -2.38. The molecule has 0 saturated heterocycles. The van der Waals surface area contributed by atoms with Crippen molar-refractivity contribution in [2.45, 2.75) is 31.7 Å². The maximum atomic E-state index is 10.6. The summed E-state index contributed by atoms with van der Waals surface area (Å²) in [6.07, 6.45) is 4.54. The summed E-state index contributed by atoms with van der Waals surface area (Å²) >= 11 is 3.57. The van der Waals surface area contributed by atoms with Crippen LogP contribution in [0, 0.1) is 0 Å². The van der Waals surface area contributed by atoms with Crippen molar-refractivity contribution in [3.63, 3.8) is 0 Å². The zero-order chi connectivity index (χ0) is 13.9. The number of benzene rings is 1. The summed E-state index contributed by atoms with van der Waals surface area (Å²) in [7, 11) is 0. The molecule has 1 aromatic carbocycles. The number of aliphatic imine (C=N–C) groups is 1. The van der Waals surface area contributed by atoms with Gasteiger partial charge in [0.2, 0.25) is 6.08 Å². The lowest BCUT2D eigenvalue weighted by Crippen LogP contribution is -2.32. The van der Waals surface area contributed by atoms with E-state index in [4.69, 9.17) is 4.74 Å². The molecule has 0 N–H and O–H groups in total. The van der Waals surface area contributed by atoms with Crippen LogP contribution in [-0.2, 0) is 10.3 Å². The molecule has 1 saturated carbocycles. The quantitative estimate of drug-likeness (QED) is 0.465. The topological polar surface area (TPSA) is 38.7 Å². The van der Waals surface area contributed by atoms with Gasteiger partial charge in [-0.2, -0.15) is 4.99 Å². The maximum absolute atomic E-state index is 10.6. The smallest absolute Gasteiger partial charge is 0.235 e. The zero-order valence-corrected chi connectivity index (χ0v) is 12.5. The number of carbonyl (C=O) groups excluding carboxylic acids is 1. The normalized spacial score (nSPS) is 16.1. The second kappa shape index (κ2) is 5.72. The molecule has 0 aliphatic heterocycles. The zero-order valence-electron chi connectivity index (χ0n) is 10.9. The number of ether oxygens (including phenoxy) is 1. The Bertz CT molecular complexity index is 543. The van der Waals surface area contributed by atoms with E-state index < -0.39 is 5.54 Å². The first kappa shape index (κ1) is 14.0. The molecule has 1 aromatic rings. The van der Waals surface area contributed by atoms with Gasteiger partial charge in [-0.25, -0.2) is 4.79 Å². The van der Waals surface area contributed by atoms with Crippen LogP contribution in [-0.4, -0.2) is 12.7 Å².